The summed E-state index contributed by atoms with van der Waals surface area (Å²) in [6.45, 7) is 12.9. The highest BCUT2D eigenvalue weighted by molar-refractivity contribution is 7.09. The topological polar surface area (TPSA) is 24.9 Å². The quantitative estimate of drug-likeness (QED) is 0.904. The van der Waals surface area contributed by atoms with E-state index >= 15 is 0 Å². The molecule has 0 radical (unpaired) electrons. The van der Waals surface area contributed by atoms with Gasteiger partial charge in [0.05, 0.1) is 10.7 Å². The van der Waals surface area contributed by atoms with Crippen LogP contribution in [0, 0.1) is 0 Å². The number of alkyl halides is 1. The Labute approximate surface area is 114 Å². The van der Waals surface area contributed by atoms with Crippen molar-refractivity contribution in [2.75, 3.05) is 6.54 Å². The lowest BCUT2D eigenvalue weighted by Crippen LogP contribution is -2.40. The second-order valence-corrected chi connectivity index (χ2v) is 7.75. The van der Waals surface area contributed by atoms with Gasteiger partial charge in [-0.2, -0.15) is 0 Å². The molecule has 0 fully saturated rings. The van der Waals surface area contributed by atoms with Gasteiger partial charge in [0.2, 0.25) is 0 Å². The molecule has 1 unspecified atom stereocenters. The van der Waals surface area contributed by atoms with E-state index in [0.717, 1.165) is 10.7 Å². The van der Waals surface area contributed by atoms with E-state index in [9.17, 15) is 4.39 Å². The maximum absolute atomic E-state index is 13.8. The van der Waals surface area contributed by atoms with Crippen LogP contribution < -0.4 is 5.32 Å². The van der Waals surface area contributed by atoms with E-state index < -0.39 is 6.17 Å². The summed E-state index contributed by atoms with van der Waals surface area (Å²) in [5, 5.41) is 6.11. The number of aromatic nitrogens is 1. The highest BCUT2D eigenvalue weighted by Crippen LogP contribution is 2.24. The van der Waals surface area contributed by atoms with Crippen molar-refractivity contribution in [2.45, 2.75) is 65.1 Å². The average Bonchev–Trinajstić information content (AvgIpc) is 2.61. The minimum Gasteiger partial charge on any atom is -0.309 e. The van der Waals surface area contributed by atoms with Crippen LogP contribution in [0.25, 0.3) is 0 Å². The molecular weight excluding hydrogens is 247 g/mol. The van der Waals surface area contributed by atoms with E-state index in [4.69, 9.17) is 0 Å². The van der Waals surface area contributed by atoms with Gasteiger partial charge >= 0.3 is 0 Å². The summed E-state index contributed by atoms with van der Waals surface area (Å²) in [4.78, 5) is 4.52. The van der Waals surface area contributed by atoms with Crippen LogP contribution in [0.5, 0.6) is 0 Å². The van der Waals surface area contributed by atoms with Crippen molar-refractivity contribution in [1.29, 1.82) is 0 Å². The van der Waals surface area contributed by atoms with Crippen LogP contribution in [0.4, 0.5) is 4.39 Å². The molecule has 0 spiro atoms. The number of nitrogens with zero attached hydrogens (tertiary/aromatic N) is 1. The third kappa shape index (κ3) is 5.44. The van der Waals surface area contributed by atoms with Crippen LogP contribution in [-0.4, -0.2) is 23.2 Å². The Hall–Kier alpha value is -0.480. The Bertz CT molecular complexity index is 374. The summed E-state index contributed by atoms with van der Waals surface area (Å²) in [7, 11) is 0. The lowest BCUT2D eigenvalue weighted by atomic mass is 9.93. The molecule has 1 N–H and O–H groups in total. The molecule has 0 saturated heterocycles. The average molecular weight is 272 g/mol. The zero-order valence-electron chi connectivity index (χ0n) is 12.3. The van der Waals surface area contributed by atoms with Gasteiger partial charge in [-0.05, 0) is 20.8 Å². The highest BCUT2D eigenvalue weighted by atomic mass is 32.1. The second-order valence-electron chi connectivity index (χ2n) is 6.81. The first-order valence-corrected chi connectivity index (χ1v) is 7.30. The largest absolute Gasteiger partial charge is 0.309 e. The van der Waals surface area contributed by atoms with Gasteiger partial charge in [0.1, 0.15) is 6.17 Å². The van der Waals surface area contributed by atoms with E-state index in [0.29, 0.717) is 13.0 Å². The van der Waals surface area contributed by atoms with Gasteiger partial charge in [-0.15, -0.1) is 11.3 Å². The van der Waals surface area contributed by atoms with Crippen molar-refractivity contribution >= 4 is 11.3 Å². The van der Waals surface area contributed by atoms with Crippen LogP contribution in [0.15, 0.2) is 5.38 Å². The van der Waals surface area contributed by atoms with E-state index in [2.05, 4.69) is 31.1 Å². The normalized spacial score (nSPS) is 14.8. The minimum atomic E-state index is -0.872. The highest BCUT2D eigenvalue weighted by Gasteiger charge is 2.19. The van der Waals surface area contributed by atoms with Gasteiger partial charge in [0, 0.05) is 29.3 Å². The van der Waals surface area contributed by atoms with Crippen LogP contribution in [0.3, 0.4) is 0 Å². The standard InChI is InChI=1S/C14H25FN2S/c1-13(2,3)11-9-18-12(17-11)7-10(15)8-16-14(4,5)6/h9-10,16H,7-8H2,1-6H3. The van der Waals surface area contributed by atoms with Crippen molar-refractivity contribution in [3.05, 3.63) is 16.1 Å². The molecule has 1 heterocycles. The Morgan fingerprint density at radius 1 is 1.28 bits per heavy atom. The number of rotatable bonds is 4. The molecule has 18 heavy (non-hydrogen) atoms. The fourth-order valence-electron chi connectivity index (χ4n) is 1.43. The number of hydrogen-bond donors (Lipinski definition) is 1. The maximum Gasteiger partial charge on any atom is 0.119 e. The Kier molecular flexibility index (Phi) is 4.90. The van der Waals surface area contributed by atoms with Gasteiger partial charge < -0.3 is 5.32 Å². The minimum absolute atomic E-state index is 0.0379. The summed E-state index contributed by atoms with van der Waals surface area (Å²) in [6.07, 6.45) is -0.465. The number of hydrogen-bond acceptors (Lipinski definition) is 3. The lowest BCUT2D eigenvalue weighted by Gasteiger charge is -2.21. The first-order valence-electron chi connectivity index (χ1n) is 6.42. The summed E-state index contributed by atoms with van der Waals surface area (Å²) >= 11 is 1.56. The Balaban J connectivity index is 2.50. The molecule has 1 atom stereocenters. The summed E-state index contributed by atoms with van der Waals surface area (Å²) in [5.41, 5.74) is 1.06. The van der Waals surface area contributed by atoms with E-state index in [-0.39, 0.29) is 11.0 Å². The maximum atomic E-state index is 13.8. The van der Waals surface area contributed by atoms with Gasteiger partial charge in [0.25, 0.3) is 0 Å². The van der Waals surface area contributed by atoms with Gasteiger partial charge in [0.15, 0.2) is 0 Å². The molecule has 0 aliphatic carbocycles. The molecule has 0 amide bonds. The van der Waals surface area contributed by atoms with Crippen molar-refractivity contribution in [1.82, 2.24) is 10.3 Å². The fourth-order valence-corrected chi connectivity index (χ4v) is 2.51. The fraction of sp³-hybridized carbons (Fsp3) is 0.786. The number of nitrogens with one attached hydrogen (secondary N) is 1. The van der Waals surface area contributed by atoms with E-state index in [1.165, 1.54) is 0 Å². The van der Waals surface area contributed by atoms with Crippen molar-refractivity contribution in [3.8, 4) is 0 Å². The molecule has 2 nitrogen and oxygen atoms in total. The number of thiazole rings is 1. The summed E-state index contributed by atoms with van der Waals surface area (Å²) in [5.74, 6) is 0. The van der Waals surface area contributed by atoms with Gasteiger partial charge in [-0.1, -0.05) is 20.8 Å². The van der Waals surface area contributed by atoms with Gasteiger partial charge in [-0.3, -0.25) is 0 Å². The molecule has 1 rings (SSSR count). The Morgan fingerprint density at radius 3 is 2.33 bits per heavy atom. The molecule has 0 aromatic carbocycles. The first kappa shape index (κ1) is 15.6. The molecular formula is C14H25FN2S. The molecule has 0 bridgehead atoms. The van der Waals surface area contributed by atoms with Crippen molar-refractivity contribution in [2.24, 2.45) is 0 Å². The monoisotopic (exact) mass is 272 g/mol. The van der Waals surface area contributed by atoms with Crippen molar-refractivity contribution < 1.29 is 4.39 Å². The van der Waals surface area contributed by atoms with Crippen LogP contribution >= 0.6 is 11.3 Å². The predicted molar refractivity (Wildman–Crippen MR) is 77.2 cm³/mol. The number of halogens is 1. The molecule has 1 aromatic rings. The molecule has 0 aliphatic heterocycles. The van der Waals surface area contributed by atoms with E-state index in [1.54, 1.807) is 11.3 Å². The van der Waals surface area contributed by atoms with Crippen LogP contribution in [-0.2, 0) is 11.8 Å². The molecule has 104 valence electrons. The van der Waals surface area contributed by atoms with Crippen molar-refractivity contribution in [3.63, 3.8) is 0 Å². The third-order valence-electron chi connectivity index (χ3n) is 2.57. The molecule has 0 aliphatic rings. The predicted octanol–water partition coefficient (Wildman–Crippen LogP) is 3.71. The summed E-state index contributed by atoms with van der Waals surface area (Å²) in [6, 6.07) is 0. The smallest absolute Gasteiger partial charge is 0.119 e. The van der Waals surface area contributed by atoms with Crippen LogP contribution in [0.2, 0.25) is 0 Å². The molecule has 0 saturated carbocycles. The third-order valence-corrected chi connectivity index (χ3v) is 3.44. The first-order chi connectivity index (χ1) is 8.08. The lowest BCUT2D eigenvalue weighted by molar-refractivity contribution is 0.284. The Morgan fingerprint density at radius 2 is 1.89 bits per heavy atom. The molecule has 4 heteroatoms. The zero-order chi connectivity index (χ0) is 14.0. The SMILES string of the molecule is CC(C)(C)NCC(F)Cc1nc(C(C)(C)C)cs1. The van der Waals surface area contributed by atoms with Gasteiger partial charge in [-0.25, -0.2) is 9.37 Å². The second kappa shape index (κ2) is 5.66. The summed E-state index contributed by atoms with van der Waals surface area (Å²) < 4.78 is 13.8. The van der Waals surface area contributed by atoms with Crippen LogP contribution in [0.1, 0.15) is 52.2 Å². The zero-order valence-corrected chi connectivity index (χ0v) is 13.1. The molecule has 1 aromatic heterocycles. The van der Waals surface area contributed by atoms with E-state index in [1.807, 2.05) is 26.2 Å².